The van der Waals surface area contributed by atoms with Crippen LogP contribution >= 0.6 is 0 Å². The van der Waals surface area contributed by atoms with Crippen molar-refractivity contribution in [3.8, 4) is 11.5 Å². The van der Waals surface area contributed by atoms with Crippen LogP contribution in [-0.2, 0) is 0 Å². The summed E-state index contributed by atoms with van der Waals surface area (Å²) in [6, 6.07) is 6.93. The van der Waals surface area contributed by atoms with Crippen LogP contribution in [0.1, 0.15) is 10.4 Å². The normalized spacial score (nSPS) is 9.89. The molecule has 0 radical (unpaired) electrons. The van der Waals surface area contributed by atoms with E-state index >= 15 is 0 Å². The molecule has 7 heteroatoms. The van der Waals surface area contributed by atoms with Gasteiger partial charge in [-0.2, -0.15) is 0 Å². The van der Waals surface area contributed by atoms with Gasteiger partial charge in [0.1, 0.15) is 11.5 Å². The number of carbonyl (C=O) groups is 1. The minimum Gasteiger partial charge on any atom is -0.455 e. The molecule has 0 unspecified atom stereocenters. The number of pyridine rings is 1. The van der Waals surface area contributed by atoms with Crippen molar-refractivity contribution in [2.75, 3.05) is 0 Å². The minimum absolute atomic E-state index is 0.00749. The SMILES string of the molecule is NC(=O)c1cc(Oc2cccnc2)cc([N+](=O)[O-])c1. The topological polar surface area (TPSA) is 108 Å². The van der Waals surface area contributed by atoms with Crippen molar-refractivity contribution in [3.05, 3.63) is 58.4 Å². The smallest absolute Gasteiger partial charge is 0.273 e. The zero-order chi connectivity index (χ0) is 13.8. The molecule has 7 nitrogen and oxygen atoms in total. The lowest BCUT2D eigenvalue weighted by Gasteiger charge is -2.06. The molecule has 19 heavy (non-hydrogen) atoms. The summed E-state index contributed by atoms with van der Waals surface area (Å²) in [6.07, 6.45) is 3.01. The summed E-state index contributed by atoms with van der Waals surface area (Å²) in [5, 5.41) is 10.8. The molecule has 2 rings (SSSR count). The maximum Gasteiger partial charge on any atom is 0.273 e. The molecule has 0 fully saturated rings. The molecule has 2 aromatic rings. The first-order chi connectivity index (χ1) is 9.06. The molecule has 0 spiro atoms. The van der Waals surface area contributed by atoms with Gasteiger partial charge in [-0.25, -0.2) is 0 Å². The van der Waals surface area contributed by atoms with Crippen LogP contribution in [-0.4, -0.2) is 15.8 Å². The van der Waals surface area contributed by atoms with Crippen LogP contribution in [0.15, 0.2) is 42.7 Å². The van der Waals surface area contributed by atoms with Gasteiger partial charge in [0.05, 0.1) is 17.2 Å². The zero-order valence-corrected chi connectivity index (χ0v) is 9.65. The van der Waals surface area contributed by atoms with E-state index in [4.69, 9.17) is 10.5 Å². The van der Waals surface area contributed by atoms with Gasteiger partial charge in [-0.15, -0.1) is 0 Å². The van der Waals surface area contributed by atoms with E-state index in [1.807, 2.05) is 0 Å². The van der Waals surface area contributed by atoms with E-state index in [1.165, 1.54) is 18.3 Å². The fourth-order valence-corrected chi connectivity index (χ4v) is 1.43. The predicted octanol–water partition coefficient (Wildman–Crippen LogP) is 1.88. The molecular weight excluding hydrogens is 250 g/mol. The van der Waals surface area contributed by atoms with Gasteiger partial charge >= 0.3 is 0 Å². The Morgan fingerprint density at radius 3 is 2.68 bits per heavy atom. The van der Waals surface area contributed by atoms with Crippen molar-refractivity contribution >= 4 is 11.6 Å². The van der Waals surface area contributed by atoms with Crippen LogP contribution in [0.4, 0.5) is 5.69 Å². The Morgan fingerprint density at radius 1 is 1.32 bits per heavy atom. The Hall–Kier alpha value is -2.96. The Kier molecular flexibility index (Phi) is 3.37. The maximum atomic E-state index is 11.1. The summed E-state index contributed by atoms with van der Waals surface area (Å²) in [7, 11) is 0. The third-order valence-electron chi connectivity index (χ3n) is 2.26. The van der Waals surface area contributed by atoms with Crippen molar-refractivity contribution < 1.29 is 14.5 Å². The van der Waals surface area contributed by atoms with Crippen LogP contribution in [0.2, 0.25) is 0 Å². The fraction of sp³-hybridized carbons (Fsp3) is 0. The number of nitro benzene ring substituents is 1. The van der Waals surface area contributed by atoms with Gasteiger partial charge in [0.15, 0.2) is 0 Å². The van der Waals surface area contributed by atoms with Crippen molar-refractivity contribution in [1.82, 2.24) is 4.98 Å². The molecule has 0 aliphatic rings. The second-order valence-corrected chi connectivity index (χ2v) is 3.63. The number of hydrogen-bond acceptors (Lipinski definition) is 5. The number of non-ortho nitro benzene ring substituents is 1. The Morgan fingerprint density at radius 2 is 2.11 bits per heavy atom. The lowest BCUT2D eigenvalue weighted by atomic mass is 10.2. The predicted molar refractivity (Wildman–Crippen MR) is 65.9 cm³/mol. The van der Waals surface area contributed by atoms with Crippen molar-refractivity contribution in [3.63, 3.8) is 0 Å². The highest BCUT2D eigenvalue weighted by atomic mass is 16.6. The average Bonchev–Trinajstić information content (AvgIpc) is 2.39. The Bertz CT molecular complexity index is 596. The van der Waals surface area contributed by atoms with Crippen LogP contribution < -0.4 is 10.5 Å². The number of rotatable bonds is 4. The maximum absolute atomic E-state index is 11.1. The number of nitrogens with two attached hydrogens (primary N) is 1. The number of amides is 1. The summed E-state index contributed by atoms with van der Waals surface area (Å²) in [4.78, 5) is 25.1. The number of ether oxygens (including phenoxy) is 1. The molecular formula is C12H9N3O4. The first kappa shape index (κ1) is 12.5. The number of hydrogen-bond donors (Lipinski definition) is 1. The molecule has 0 aliphatic carbocycles. The summed E-state index contributed by atoms with van der Waals surface area (Å²) < 4.78 is 5.39. The monoisotopic (exact) mass is 259 g/mol. The molecule has 1 heterocycles. The summed E-state index contributed by atoms with van der Waals surface area (Å²) >= 11 is 0. The molecule has 1 aromatic carbocycles. The number of benzene rings is 1. The second kappa shape index (κ2) is 5.13. The summed E-state index contributed by atoms with van der Waals surface area (Å²) in [5.74, 6) is -0.214. The quantitative estimate of drug-likeness (QED) is 0.666. The van der Waals surface area contributed by atoms with Gasteiger partial charge in [0.2, 0.25) is 5.91 Å². The molecule has 0 bridgehead atoms. The van der Waals surface area contributed by atoms with Gasteiger partial charge in [0, 0.05) is 17.8 Å². The van der Waals surface area contributed by atoms with Gasteiger partial charge in [0.25, 0.3) is 5.69 Å². The molecule has 0 saturated carbocycles. The largest absolute Gasteiger partial charge is 0.455 e. The highest BCUT2D eigenvalue weighted by Gasteiger charge is 2.13. The first-order valence-corrected chi connectivity index (χ1v) is 5.23. The van der Waals surface area contributed by atoms with E-state index < -0.39 is 10.8 Å². The van der Waals surface area contributed by atoms with E-state index in [1.54, 1.807) is 18.3 Å². The number of nitrogens with zero attached hydrogens (tertiary/aromatic N) is 2. The molecule has 1 aromatic heterocycles. The summed E-state index contributed by atoms with van der Waals surface area (Å²) in [5.41, 5.74) is 4.85. The standard InChI is InChI=1S/C12H9N3O4/c13-12(16)8-4-9(15(17)18)6-11(5-8)19-10-2-1-3-14-7-10/h1-7H,(H2,13,16). The molecule has 0 aliphatic heterocycles. The van der Waals surface area contributed by atoms with E-state index in [2.05, 4.69) is 4.98 Å². The highest BCUT2D eigenvalue weighted by Crippen LogP contribution is 2.26. The number of carbonyl (C=O) groups excluding carboxylic acids is 1. The number of aromatic nitrogens is 1. The lowest BCUT2D eigenvalue weighted by Crippen LogP contribution is -2.11. The molecule has 0 saturated heterocycles. The summed E-state index contributed by atoms with van der Waals surface area (Å²) in [6.45, 7) is 0. The van der Waals surface area contributed by atoms with Gasteiger partial charge in [-0.3, -0.25) is 19.9 Å². The van der Waals surface area contributed by atoms with E-state index in [-0.39, 0.29) is 17.0 Å². The molecule has 96 valence electrons. The zero-order valence-electron chi connectivity index (χ0n) is 9.65. The Labute approximate surface area is 107 Å². The van der Waals surface area contributed by atoms with E-state index in [9.17, 15) is 14.9 Å². The highest BCUT2D eigenvalue weighted by molar-refractivity contribution is 5.94. The second-order valence-electron chi connectivity index (χ2n) is 3.63. The molecule has 2 N–H and O–H groups in total. The Balaban J connectivity index is 2.39. The average molecular weight is 259 g/mol. The van der Waals surface area contributed by atoms with E-state index in [0.29, 0.717) is 5.75 Å². The molecule has 1 amide bonds. The van der Waals surface area contributed by atoms with Crippen LogP contribution in [0.3, 0.4) is 0 Å². The van der Waals surface area contributed by atoms with Gasteiger partial charge in [-0.1, -0.05) is 0 Å². The number of nitro groups is 1. The van der Waals surface area contributed by atoms with E-state index in [0.717, 1.165) is 6.07 Å². The first-order valence-electron chi connectivity index (χ1n) is 5.23. The fourth-order valence-electron chi connectivity index (χ4n) is 1.43. The van der Waals surface area contributed by atoms with Gasteiger partial charge in [-0.05, 0) is 18.2 Å². The van der Waals surface area contributed by atoms with Gasteiger partial charge < -0.3 is 10.5 Å². The third kappa shape index (κ3) is 3.03. The van der Waals surface area contributed by atoms with Crippen molar-refractivity contribution in [2.45, 2.75) is 0 Å². The van der Waals surface area contributed by atoms with Crippen LogP contribution in [0.25, 0.3) is 0 Å². The van der Waals surface area contributed by atoms with Crippen molar-refractivity contribution in [1.29, 1.82) is 0 Å². The van der Waals surface area contributed by atoms with Crippen LogP contribution in [0, 0.1) is 10.1 Å². The van der Waals surface area contributed by atoms with Crippen LogP contribution in [0.5, 0.6) is 11.5 Å². The van der Waals surface area contributed by atoms with Crippen molar-refractivity contribution in [2.24, 2.45) is 5.73 Å². The molecule has 0 atom stereocenters. The minimum atomic E-state index is -0.764. The number of primary amides is 1. The lowest BCUT2D eigenvalue weighted by molar-refractivity contribution is -0.384. The third-order valence-corrected chi connectivity index (χ3v) is 2.26.